The number of likely N-dealkylation sites (N-methyl/N-ethyl adjacent to an activating group) is 1. The van der Waals surface area contributed by atoms with Crippen LogP contribution in [0.25, 0.3) is 16.5 Å². The summed E-state index contributed by atoms with van der Waals surface area (Å²) < 4.78 is 2.22. The number of nitrogens with two attached hydrogens (primary N) is 1. The lowest BCUT2D eigenvalue weighted by Crippen LogP contribution is -2.43. The molecule has 0 radical (unpaired) electrons. The van der Waals surface area contributed by atoms with Crippen molar-refractivity contribution in [2.24, 2.45) is 18.7 Å². The van der Waals surface area contributed by atoms with Gasteiger partial charge in [-0.15, -0.1) is 0 Å². The smallest absolute Gasteiger partial charge is 0.218 e. The molecule has 0 saturated heterocycles. The van der Waals surface area contributed by atoms with Gasteiger partial charge in [-0.3, -0.25) is 9.69 Å². The van der Waals surface area contributed by atoms with Crippen molar-refractivity contribution in [3.05, 3.63) is 41.6 Å². The molecule has 4 rings (SSSR count). The monoisotopic (exact) mass is 295 g/mol. The number of benzene rings is 1. The van der Waals surface area contributed by atoms with Gasteiger partial charge in [0.05, 0.1) is 0 Å². The van der Waals surface area contributed by atoms with Crippen LogP contribution >= 0.6 is 0 Å². The summed E-state index contributed by atoms with van der Waals surface area (Å²) in [5.74, 6) is -0.00242. The van der Waals surface area contributed by atoms with Gasteiger partial charge < -0.3 is 10.3 Å². The van der Waals surface area contributed by atoms with Crippen molar-refractivity contribution in [2.75, 3.05) is 13.6 Å². The molecule has 0 bridgehead atoms. The maximum absolute atomic E-state index is 11.3. The molecule has 22 heavy (non-hydrogen) atoms. The summed E-state index contributed by atoms with van der Waals surface area (Å²) in [4.78, 5) is 13.7. The van der Waals surface area contributed by atoms with Crippen LogP contribution in [0.3, 0.4) is 0 Å². The van der Waals surface area contributed by atoms with Gasteiger partial charge in [-0.05, 0) is 42.2 Å². The number of aromatic nitrogens is 1. The molecule has 1 aromatic heterocycles. The summed E-state index contributed by atoms with van der Waals surface area (Å²) in [5, 5.41) is 1.38. The van der Waals surface area contributed by atoms with Crippen molar-refractivity contribution in [3.63, 3.8) is 0 Å². The predicted molar refractivity (Wildman–Crippen MR) is 88.3 cm³/mol. The van der Waals surface area contributed by atoms with E-state index < -0.39 is 0 Å². The summed E-state index contributed by atoms with van der Waals surface area (Å²) in [5.41, 5.74) is 10.8. The summed E-state index contributed by atoms with van der Waals surface area (Å²) in [7, 11) is 4.26. The Bertz CT molecular complexity index is 802. The Labute approximate surface area is 130 Å². The van der Waals surface area contributed by atoms with Crippen LogP contribution in [0.15, 0.2) is 30.5 Å². The molecule has 0 spiro atoms. The second-order valence-electron chi connectivity index (χ2n) is 6.68. The van der Waals surface area contributed by atoms with E-state index >= 15 is 0 Å². The van der Waals surface area contributed by atoms with Crippen molar-refractivity contribution in [1.82, 2.24) is 9.47 Å². The number of rotatable bonds is 2. The highest BCUT2D eigenvalue weighted by atomic mass is 16.1. The number of hydrogen-bond acceptors (Lipinski definition) is 2. The van der Waals surface area contributed by atoms with Crippen LogP contribution in [0.4, 0.5) is 0 Å². The van der Waals surface area contributed by atoms with Crippen LogP contribution < -0.4 is 5.73 Å². The summed E-state index contributed by atoms with van der Waals surface area (Å²) in [6, 6.07) is 6.92. The summed E-state index contributed by atoms with van der Waals surface area (Å²) in [6.45, 7) is 0.898. The van der Waals surface area contributed by atoms with Gasteiger partial charge in [0.2, 0.25) is 5.91 Å². The number of nitrogens with zero attached hydrogens (tertiary/aromatic N) is 2. The van der Waals surface area contributed by atoms with Crippen LogP contribution in [0.1, 0.15) is 17.5 Å². The maximum atomic E-state index is 11.3. The molecule has 1 aromatic carbocycles. The molecule has 2 aromatic rings. The van der Waals surface area contributed by atoms with E-state index in [1.165, 1.54) is 27.6 Å². The molecule has 2 atom stereocenters. The molecule has 4 nitrogen and oxygen atoms in total. The van der Waals surface area contributed by atoms with E-state index in [-0.39, 0.29) is 11.8 Å². The van der Waals surface area contributed by atoms with Gasteiger partial charge in [-0.1, -0.05) is 18.2 Å². The lowest BCUT2D eigenvalue weighted by Gasteiger charge is -2.39. The van der Waals surface area contributed by atoms with E-state index in [9.17, 15) is 4.79 Å². The van der Waals surface area contributed by atoms with Gasteiger partial charge in [-0.25, -0.2) is 0 Å². The zero-order valence-corrected chi connectivity index (χ0v) is 13.0. The van der Waals surface area contributed by atoms with Crippen molar-refractivity contribution in [2.45, 2.75) is 18.9 Å². The van der Waals surface area contributed by atoms with Crippen LogP contribution in [0.5, 0.6) is 0 Å². The second-order valence-corrected chi connectivity index (χ2v) is 6.68. The lowest BCUT2D eigenvalue weighted by molar-refractivity contribution is -0.118. The van der Waals surface area contributed by atoms with Gasteiger partial charge >= 0.3 is 0 Å². The third kappa shape index (κ3) is 1.91. The average Bonchev–Trinajstić information content (AvgIpc) is 2.78. The van der Waals surface area contributed by atoms with Crippen LogP contribution in [-0.4, -0.2) is 35.0 Å². The number of amides is 1. The van der Waals surface area contributed by atoms with Crippen LogP contribution in [0, 0.1) is 5.92 Å². The fraction of sp³-hybridized carbons (Fsp3) is 0.389. The van der Waals surface area contributed by atoms with E-state index in [4.69, 9.17) is 5.73 Å². The van der Waals surface area contributed by atoms with Crippen molar-refractivity contribution < 1.29 is 4.79 Å². The highest BCUT2D eigenvalue weighted by Crippen LogP contribution is 2.41. The molecule has 114 valence electrons. The molecule has 2 aliphatic rings. The van der Waals surface area contributed by atoms with Crippen LogP contribution in [-0.2, 0) is 18.3 Å². The third-order valence-corrected chi connectivity index (χ3v) is 5.11. The quantitative estimate of drug-likeness (QED) is 0.920. The number of hydrogen-bond donors (Lipinski definition) is 1. The maximum Gasteiger partial charge on any atom is 0.218 e. The second kappa shape index (κ2) is 4.71. The van der Waals surface area contributed by atoms with Gasteiger partial charge in [0.15, 0.2) is 0 Å². The zero-order chi connectivity index (χ0) is 15.4. The Morgan fingerprint density at radius 2 is 2.18 bits per heavy atom. The van der Waals surface area contributed by atoms with Gasteiger partial charge in [0.1, 0.15) is 0 Å². The lowest BCUT2D eigenvalue weighted by atomic mass is 9.79. The zero-order valence-electron chi connectivity index (χ0n) is 13.0. The first kappa shape index (κ1) is 13.6. The third-order valence-electron chi connectivity index (χ3n) is 5.11. The van der Waals surface area contributed by atoms with E-state index in [0.29, 0.717) is 12.5 Å². The number of fused-ring (bicyclic) bond motifs is 2. The predicted octanol–water partition coefficient (Wildman–Crippen LogP) is 1.92. The molecule has 1 aliphatic heterocycles. The van der Waals surface area contributed by atoms with Crippen LogP contribution in [0.2, 0.25) is 0 Å². The molecule has 1 aliphatic carbocycles. The highest BCUT2D eigenvalue weighted by Gasteiger charge is 2.34. The molecular weight excluding hydrogens is 274 g/mol. The van der Waals surface area contributed by atoms with Crippen molar-refractivity contribution in [3.8, 4) is 0 Å². The molecule has 0 fully saturated rings. The Morgan fingerprint density at radius 1 is 1.36 bits per heavy atom. The molecule has 0 saturated carbocycles. The number of carbonyl (C=O) groups is 1. The molecule has 1 amide bonds. The molecular formula is C18H21N3O. The van der Waals surface area contributed by atoms with Crippen molar-refractivity contribution >= 4 is 22.4 Å². The Morgan fingerprint density at radius 3 is 2.95 bits per heavy atom. The van der Waals surface area contributed by atoms with E-state index in [1.807, 2.05) is 0 Å². The highest BCUT2D eigenvalue weighted by molar-refractivity contribution is 5.98. The fourth-order valence-electron chi connectivity index (χ4n) is 4.21. The standard InChI is InChI=1S/C18H21N3O/c1-20-9-11(7-17(19)22)6-14-13-4-3-5-15-18(13)12(8-16(14)20)10-21(15)2/h3-6,10-11,16H,7-9H2,1-2H3,(H2,19,22)/t11?,16-/m1/s1. The molecule has 2 heterocycles. The topological polar surface area (TPSA) is 51.3 Å². The minimum Gasteiger partial charge on any atom is -0.370 e. The Hall–Kier alpha value is -2.07. The van der Waals surface area contributed by atoms with Crippen molar-refractivity contribution in [1.29, 1.82) is 0 Å². The van der Waals surface area contributed by atoms with E-state index in [2.05, 4.69) is 54.0 Å². The normalized spacial score (nSPS) is 24.2. The minimum atomic E-state index is -0.219. The van der Waals surface area contributed by atoms with E-state index in [1.54, 1.807) is 0 Å². The van der Waals surface area contributed by atoms with Gasteiger partial charge in [0.25, 0.3) is 0 Å². The van der Waals surface area contributed by atoms with Gasteiger partial charge in [-0.2, -0.15) is 0 Å². The largest absolute Gasteiger partial charge is 0.370 e. The number of primary amides is 1. The minimum absolute atomic E-state index is 0.217. The average molecular weight is 295 g/mol. The molecule has 1 unspecified atom stereocenters. The summed E-state index contributed by atoms with van der Waals surface area (Å²) in [6.07, 6.45) is 6.02. The molecule has 2 N–H and O–H groups in total. The van der Waals surface area contributed by atoms with E-state index in [0.717, 1.165) is 13.0 Å². The first-order valence-electron chi connectivity index (χ1n) is 7.82. The molecule has 4 heteroatoms. The first-order chi connectivity index (χ1) is 10.5. The Kier molecular flexibility index (Phi) is 2.91. The first-order valence-corrected chi connectivity index (χ1v) is 7.82. The SMILES string of the molecule is CN1CC(CC(N)=O)C=C2c3cccc4c3c(cn4C)C[C@H]21. The number of aryl methyl sites for hydroxylation is 1. The fourth-order valence-corrected chi connectivity index (χ4v) is 4.21. The Balaban J connectivity index is 1.89. The number of carbonyl (C=O) groups excluding carboxylic acids is 1. The van der Waals surface area contributed by atoms with Gasteiger partial charge in [0, 0.05) is 43.2 Å². The summed E-state index contributed by atoms with van der Waals surface area (Å²) >= 11 is 0.